The number of imide groups is 1. The molecule has 0 bridgehead atoms. The maximum Gasteiger partial charge on any atom is 0.255 e. The second-order valence-corrected chi connectivity index (χ2v) is 8.40. The smallest absolute Gasteiger partial charge is 0.255 e. The van der Waals surface area contributed by atoms with Crippen molar-refractivity contribution < 1.29 is 14.4 Å². The predicted molar refractivity (Wildman–Crippen MR) is 110 cm³/mol. The Morgan fingerprint density at radius 1 is 1.18 bits per heavy atom. The van der Waals surface area contributed by atoms with Crippen LogP contribution in [0, 0.1) is 0 Å². The van der Waals surface area contributed by atoms with Crippen LogP contribution in [-0.2, 0) is 16.1 Å². The Kier molecular flexibility index (Phi) is 7.13. The van der Waals surface area contributed by atoms with Crippen LogP contribution in [0.25, 0.3) is 0 Å². The summed E-state index contributed by atoms with van der Waals surface area (Å²) in [6, 6.07) is 5.27. The van der Waals surface area contributed by atoms with Crippen LogP contribution in [0.3, 0.4) is 0 Å². The molecule has 7 heteroatoms. The van der Waals surface area contributed by atoms with E-state index in [0.29, 0.717) is 18.5 Å². The molecule has 6 nitrogen and oxygen atoms in total. The largest absolute Gasteiger partial charge is 0.322 e. The fraction of sp³-hybridized carbons (Fsp3) is 0.571. The molecule has 1 fully saturated rings. The van der Waals surface area contributed by atoms with E-state index in [0.717, 1.165) is 42.3 Å². The summed E-state index contributed by atoms with van der Waals surface area (Å²) in [7, 11) is 0. The summed E-state index contributed by atoms with van der Waals surface area (Å²) >= 11 is 1.79. The normalized spacial score (nSPS) is 19.3. The number of fused-ring (bicyclic) bond motifs is 1. The summed E-state index contributed by atoms with van der Waals surface area (Å²) in [4.78, 5) is 41.6. The average molecular weight is 404 g/mol. The first-order valence-electron chi connectivity index (χ1n) is 10.2. The van der Waals surface area contributed by atoms with Crippen molar-refractivity contribution in [1.29, 1.82) is 0 Å². The number of rotatable bonds is 9. The lowest BCUT2D eigenvalue weighted by atomic mass is 10.0. The Balaban J connectivity index is 1.59. The fourth-order valence-electron chi connectivity index (χ4n) is 3.85. The Bertz CT molecular complexity index is 748. The average Bonchev–Trinajstić information content (AvgIpc) is 3.02. The minimum atomic E-state index is -0.551. The number of thioether (sulfide) groups is 1. The molecular formula is C21H29N3O3S. The molecule has 2 heterocycles. The van der Waals surface area contributed by atoms with Crippen LogP contribution < -0.4 is 5.32 Å². The number of carbonyl (C=O) groups is 3. The molecule has 1 saturated heterocycles. The van der Waals surface area contributed by atoms with Crippen LogP contribution >= 0.6 is 11.8 Å². The lowest BCUT2D eigenvalue weighted by Gasteiger charge is -2.29. The van der Waals surface area contributed by atoms with E-state index in [1.807, 2.05) is 12.1 Å². The molecule has 2 aliphatic heterocycles. The maximum absolute atomic E-state index is 12.8. The van der Waals surface area contributed by atoms with Crippen LogP contribution in [-0.4, -0.2) is 59.0 Å². The first-order chi connectivity index (χ1) is 13.5. The van der Waals surface area contributed by atoms with Gasteiger partial charge in [-0.1, -0.05) is 19.9 Å². The van der Waals surface area contributed by atoms with Crippen LogP contribution in [0.15, 0.2) is 23.1 Å². The summed E-state index contributed by atoms with van der Waals surface area (Å²) < 4.78 is 0. The minimum absolute atomic E-state index is 0.103. The van der Waals surface area contributed by atoms with Crippen molar-refractivity contribution in [2.45, 2.75) is 57.0 Å². The van der Waals surface area contributed by atoms with Crippen LogP contribution in [0.2, 0.25) is 0 Å². The van der Waals surface area contributed by atoms with Crippen LogP contribution in [0.5, 0.6) is 0 Å². The van der Waals surface area contributed by atoms with E-state index in [9.17, 15) is 14.4 Å². The van der Waals surface area contributed by atoms with Crippen molar-refractivity contribution in [2.24, 2.45) is 0 Å². The number of benzene rings is 1. The van der Waals surface area contributed by atoms with Gasteiger partial charge in [-0.05, 0) is 62.3 Å². The van der Waals surface area contributed by atoms with Gasteiger partial charge in [0.15, 0.2) is 0 Å². The van der Waals surface area contributed by atoms with Gasteiger partial charge in [-0.2, -0.15) is 0 Å². The topological polar surface area (TPSA) is 69.7 Å². The molecule has 3 amide bonds. The quantitative estimate of drug-likeness (QED) is 0.390. The van der Waals surface area contributed by atoms with E-state index in [-0.39, 0.29) is 24.1 Å². The van der Waals surface area contributed by atoms with E-state index in [2.05, 4.69) is 30.1 Å². The van der Waals surface area contributed by atoms with Gasteiger partial charge in [0.1, 0.15) is 6.04 Å². The van der Waals surface area contributed by atoms with Crippen LogP contribution in [0.4, 0.5) is 0 Å². The molecule has 0 aromatic heterocycles. The number of hydrogen-bond acceptors (Lipinski definition) is 5. The molecule has 1 atom stereocenters. The lowest BCUT2D eigenvalue weighted by molar-refractivity contribution is -0.136. The standard InChI is InChI=1S/C21H29N3O3S/c1-3-23(4-2)12-5-6-13-28-18-9-7-8-15-16(18)14-24(21(15)27)17-10-11-19(25)22-20(17)26/h7-9,17H,3-6,10-14H2,1-2H3,(H,22,25,26). The summed E-state index contributed by atoms with van der Waals surface area (Å²) in [5.41, 5.74) is 1.71. The molecule has 0 spiro atoms. The molecule has 1 N–H and O–H groups in total. The Morgan fingerprint density at radius 3 is 2.68 bits per heavy atom. The molecule has 1 aromatic rings. The summed E-state index contributed by atoms with van der Waals surface area (Å²) in [6.45, 7) is 8.14. The molecule has 3 rings (SSSR count). The molecule has 28 heavy (non-hydrogen) atoms. The second kappa shape index (κ2) is 9.56. The van der Waals surface area contributed by atoms with Crippen molar-refractivity contribution >= 4 is 29.5 Å². The van der Waals surface area contributed by atoms with E-state index in [1.165, 1.54) is 6.42 Å². The zero-order valence-corrected chi connectivity index (χ0v) is 17.5. The Labute approximate surface area is 171 Å². The van der Waals surface area contributed by atoms with Gasteiger partial charge in [0.2, 0.25) is 11.8 Å². The number of amides is 3. The summed E-state index contributed by atoms with van der Waals surface area (Å²) in [5.74, 6) is 0.299. The zero-order valence-electron chi connectivity index (χ0n) is 16.7. The predicted octanol–water partition coefficient (Wildman–Crippen LogP) is 2.66. The Morgan fingerprint density at radius 2 is 1.96 bits per heavy atom. The van der Waals surface area contributed by atoms with E-state index in [1.54, 1.807) is 16.7 Å². The molecule has 152 valence electrons. The molecule has 2 aliphatic rings. The van der Waals surface area contributed by atoms with Crippen molar-refractivity contribution in [3.8, 4) is 0 Å². The molecule has 0 saturated carbocycles. The lowest BCUT2D eigenvalue weighted by Crippen LogP contribution is -2.52. The number of carbonyl (C=O) groups excluding carboxylic acids is 3. The third kappa shape index (κ3) is 4.58. The number of hydrogen-bond donors (Lipinski definition) is 1. The van der Waals surface area contributed by atoms with Gasteiger partial charge in [0.25, 0.3) is 5.91 Å². The number of unbranched alkanes of at least 4 members (excludes halogenated alkanes) is 1. The van der Waals surface area contributed by atoms with Gasteiger partial charge < -0.3 is 9.80 Å². The molecule has 1 aromatic carbocycles. The third-order valence-electron chi connectivity index (χ3n) is 5.56. The van der Waals surface area contributed by atoms with E-state index < -0.39 is 6.04 Å². The van der Waals surface area contributed by atoms with Gasteiger partial charge >= 0.3 is 0 Å². The van der Waals surface area contributed by atoms with Gasteiger partial charge in [0, 0.05) is 23.4 Å². The van der Waals surface area contributed by atoms with Crippen LogP contribution in [0.1, 0.15) is 55.5 Å². The number of piperidine rings is 1. The highest BCUT2D eigenvalue weighted by Gasteiger charge is 2.39. The maximum atomic E-state index is 12.8. The Hall–Kier alpha value is -1.86. The van der Waals surface area contributed by atoms with Crippen molar-refractivity contribution in [2.75, 3.05) is 25.4 Å². The third-order valence-corrected chi connectivity index (χ3v) is 6.75. The van der Waals surface area contributed by atoms with Gasteiger partial charge in [-0.25, -0.2) is 0 Å². The summed E-state index contributed by atoms with van der Waals surface area (Å²) in [6.07, 6.45) is 2.99. The van der Waals surface area contributed by atoms with E-state index >= 15 is 0 Å². The van der Waals surface area contributed by atoms with Crippen molar-refractivity contribution in [3.05, 3.63) is 29.3 Å². The second-order valence-electron chi connectivity index (χ2n) is 7.26. The highest BCUT2D eigenvalue weighted by molar-refractivity contribution is 7.99. The number of nitrogens with zero attached hydrogens (tertiary/aromatic N) is 2. The summed E-state index contributed by atoms with van der Waals surface area (Å²) in [5, 5.41) is 2.35. The molecule has 1 unspecified atom stereocenters. The first-order valence-corrected chi connectivity index (χ1v) is 11.1. The SMILES string of the molecule is CCN(CC)CCCCSc1cccc2c1CN(C1CCC(=O)NC1=O)C2=O. The number of nitrogens with one attached hydrogen (secondary N) is 1. The van der Waals surface area contributed by atoms with Gasteiger partial charge in [0.05, 0.1) is 0 Å². The first kappa shape index (κ1) is 20.9. The monoisotopic (exact) mass is 403 g/mol. The highest BCUT2D eigenvalue weighted by Crippen LogP contribution is 2.34. The van der Waals surface area contributed by atoms with Gasteiger partial charge in [-0.3, -0.25) is 19.7 Å². The zero-order chi connectivity index (χ0) is 20.1. The van der Waals surface area contributed by atoms with Gasteiger partial charge in [-0.15, -0.1) is 11.8 Å². The van der Waals surface area contributed by atoms with E-state index in [4.69, 9.17) is 0 Å². The minimum Gasteiger partial charge on any atom is -0.322 e. The molecule has 0 radical (unpaired) electrons. The molecular weight excluding hydrogens is 374 g/mol. The fourth-order valence-corrected chi connectivity index (χ4v) is 4.94. The van der Waals surface area contributed by atoms with Crippen molar-refractivity contribution in [1.82, 2.24) is 15.1 Å². The van der Waals surface area contributed by atoms with Crippen molar-refractivity contribution in [3.63, 3.8) is 0 Å². The highest BCUT2D eigenvalue weighted by atomic mass is 32.2. The molecule has 0 aliphatic carbocycles.